The van der Waals surface area contributed by atoms with Crippen LogP contribution in [0.1, 0.15) is 40.0 Å². The van der Waals surface area contributed by atoms with Crippen LogP contribution < -0.4 is 14.9 Å². The summed E-state index contributed by atoms with van der Waals surface area (Å²) in [5.41, 5.74) is 7.65. The average Bonchev–Trinajstić information content (AvgIpc) is 3.11. The smallest absolute Gasteiger partial charge is 0.271 e. The zero-order valence-electron chi connectivity index (χ0n) is 16.0. The van der Waals surface area contributed by atoms with E-state index in [9.17, 15) is 4.79 Å². The molecule has 0 bridgehead atoms. The summed E-state index contributed by atoms with van der Waals surface area (Å²) in [6.45, 7) is 0. The number of aromatic nitrogens is 1. The van der Waals surface area contributed by atoms with Gasteiger partial charge in [-0.25, -0.2) is 5.43 Å². The highest BCUT2D eigenvalue weighted by atomic mass is 16.5. The third kappa shape index (κ3) is 3.45. The molecule has 2 N–H and O–H groups in total. The van der Waals surface area contributed by atoms with Gasteiger partial charge in [-0.1, -0.05) is 0 Å². The molecule has 1 aliphatic carbocycles. The van der Waals surface area contributed by atoms with Crippen molar-refractivity contribution in [2.24, 2.45) is 5.10 Å². The third-order valence-electron chi connectivity index (χ3n) is 5.17. The Labute approximate surface area is 163 Å². The number of methoxy groups -OCH3 is 2. The number of nitrogens with zero attached hydrogens (tertiary/aromatic N) is 1. The first-order valence-electron chi connectivity index (χ1n) is 9.38. The highest BCUT2D eigenvalue weighted by Crippen LogP contribution is 2.29. The SMILES string of the molecule is COc1ccc(OC)c(/C=N\NC(=O)c2ccc3[nH]c4c(c3c2)CCCC4)c1. The summed E-state index contributed by atoms with van der Waals surface area (Å²) in [5.74, 6) is 1.10. The van der Waals surface area contributed by atoms with Crippen molar-refractivity contribution in [3.63, 3.8) is 0 Å². The number of aryl methyl sites for hydroxylation is 2. The Morgan fingerprint density at radius 2 is 1.96 bits per heavy atom. The Morgan fingerprint density at radius 1 is 1.11 bits per heavy atom. The molecule has 2 aromatic carbocycles. The van der Waals surface area contributed by atoms with E-state index in [2.05, 4.69) is 15.5 Å². The minimum absolute atomic E-state index is 0.245. The molecule has 0 fully saturated rings. The van der Waals surface area contributed by atoms with Gasteiger partial charge in [0, 0.05) is 27.7 Å². The van der Waals surface area contributed by atoms with Gasteiger partial charge in [-0.15, -0.1) is 0 Å². The van der Waals surface area contributed by atoms with Crippen molar-refractivity contribution in [2.75, 3.05) is 14.2 Å². The fourth-order valence-corrected chi connectivity index (χ4v) is 3.71. The second-order valence-corrected chi connectivity index (χ2v) is 6.86. The number of hydrogen-bond acceptors (Lipinski definition) is 4. The van der Waals surface area contributed by atoms with E-state index in [1.54, 1.807) is 32.6 Å². The minimum Gasteiger partial charge on any atom is -0.497 e. The molecule has 0 unspecified atom stereocenters. The molecule has 0 radical (unpaired) electrons. The van der Waals surface area contributed by atoms with Crippen LogP contribution in [-0.2, 0) is 12.8 Å². The third-order valence-corrected chi connectivity index (χ3v) is 5.17. The molecule has 0 saturated heterocycles. The quantitative estimate of drug-likeness (QED) is 0.524. The number of carbonyl (C=O) groups is 1. The molecular weight excluding hydrogens is 354 g/mol. The van der Waals surface area contributed by atoms with Gasteiger partial charge in [0.1, 0.15) is 11.5 Å². The Kier molecular flexibility index (Phi) is 5.02. The zero-order chi connectivity index (χ0) is 19.5. The average molecular weight is 377 g/mol. The summed E-state index contributed by atoms with van der Waals surface area (Å²) >= 11 is 0. The normalized spacial score (nSPS) is 13.5. The van der Waals surface area contributed by atoms with Crippen LogP contribution in [-0.4, -0.2) is 31.3 Å². The van der Waals surface area contributed by atoms with E-state index in [4.69, 9.17) is 9.47 Å². The predicted molar refractivity (Wildman–Crippen MR) is 110 cm³/mol. The molecule has 6 nitrogen and oxygen atoms in total. The summed E-state index contributed by atoms with van der Waals surface area (Å²) in [4.78, 5) is 16.0. The molecule has 144 valence electrons. The highest BCUT2D eigenvalue weighted by molar-refractivity contribution is 5.99. The molecule has 0 saturated carbocycles. The van der Waals surface area contributed by atoms with Gasteiger partial charge < -0.3 is 14.5 Å². The first-order valence-corrected chi connectivity index (χ1v) is 9.38. The predicted octanol–water partition coefficient (Wildman–Crippen LogP) is 3.83. The van der Waals surface area contributed by atoms with Gasteiger partial charge in [0.25, 0.3) is 5.91 Å². The van der Waals surface area contributed by atoms with Crippen LogP contribution in [0.15, 0.2) is 41.5 Å². The summed E-state index contributed by atoms with van der Waals surface area (Å²) in [7, 11) is 3.19. The van der Waals surface area contributed by atoms with E-state index < -0.39 is 0 Å². The Hall–Kier alpha value is -3.28. The van der Waals surface area contributed by atoms with Crippen molar-refractivity contribution < 1.29 is 14.3 Å². The van der Waals surface area contributed by atoms with E-state index in [-0.39, 0.29) is 5.91 Å². The number of H-pyrrole nitrogens is 1. The number of rotatable bonds is 5. The van der Waals surface area contributed by atoms with Crippen molar-refractivity contribution in [1.82, 2.24) is 10.4 Å². The van der Waals surface area contributed by atoms with Gasteiger partial charge >= 0.3 is 0 Å². The molecule has 0 atom stereocenters. The first kappa shape index (κ1) is 18.1. The molecule has 0 aliphatic heterocycles. The van der Waals surface area contributed by atoms with Crippen LogP contribution in [0.25, 0.3) is 10.9 Å². The number of nitrogens with one attached hydrogen (secondary N) is 2. The number of aromatic amines is 1. The summed E-state index contributed by atoms with van der Waals surface area (Å²) in [5, 5.41) is 5.23. The summed E-state index contributed by atoms with van der Waals surface area (Å²) in [6.07, 6.45) is 6.11. The van der Waals surface area contributed by atoms with E-state index in [1.165, 1.54) is 24.1 Å². The maximum Gasteiger partial charge on any atom is 0.271 e. The lowest BCUT2D eigenvalue weighted by molar-refractivity contribution is 0.0955. The number of hydrogen-bond donors (Lipinski definition) is 2. The number of amides is 1. The monoisotopic (exact) mass is 377 g/mol. The molecule has 6 heteroatoms. The fourth-order valence-electron chi connectivity index (χ4n) is 3.71. The van der Waals surface area contributed by atoms with Gasteiger partial charge in [-0.05, 0) is 67.6 Å². The number of ether oxygens (including phenoxy) is 2. The number of fused-ring (bicyclic) bond motifs is 3. The van der Waals surface area contributed by atoms with Crippen molar-refractivity contribution >= 4 is 23.0 Å². The van der Waals surface area contributed by atoms with Gasteiger partial charge in [0.2, 0.25) is 0 Å². The van der Waals surface area contributed by atoms with Crippen LogP contribution >= 0.6 is 0 Å². The number of hydrazone groups is 1. The molecule has 1 aliphatic rings. The zero-order valence-corrected chi connectivity index (χ0v) is 16.0. The van der Waals surface area contributed by atoms with E-state index in [0.29, 0.717) is 17.1 Å². The van der Waals surface area contributed by atoms with Crippen molar-refractivity contribution in [3.8, 4) is 11.5 Å². The molecule has 1 amide bonds. The van der Waals surface area contributed by atoms with Gasteiger partial charge in [0.15, 0.2) is 0 Å². The second kappa shape index (κ2) is 7.76. The van der Waals surface area contributed by atoms with Gasteiger partial charge in [-0.3, -0.25) is 4.79 Å². The van der Waals surface area contributed by atoms with Crippen molar-refractivity contribution in [1.29, 1.82) is 0 Å². The van der Waals surface area contributed by atoms with Crippen LogP contribution in [0.5, 0.6) is 11.5 Å². The first-order chi connectivity index (χ1) is 13.7. The largest absolute Gasteiger partial charge is 0.497 e. The summed E-state index contributed by atoms with van der Waals surface area (Å²) in [6, 6.07) is 11.1. The Morgan fingerprint density at radius 3 is 2.79 bits per heavy atom. The van der Waals surface area contributed by atoms with Crippen LogP contribution in [0.2, 0.25) is 0 Å². The standard InChI is InChI=1S/C22H23N3O3/c1-27-16-8-10-21(28-2)15(11-16)13-23-25-22(26)14-7-9-20-18(12-14)17-5-3-4-6-19(17)24-20/h7-13,24H,3-6H2,1-2H3,(H,25,26)/b23-13-. The van der Waals surface area contributed by atoms with Gasteiger partial charge in [-0.2, -0.15) is 5.10 Å². The van der Waals surface area contributed by atoms with Crippen LogP contribution in [0.4, 0.5) is 0 Å². The topological polar surface area (TPSA) is 75.7 Å². The van der Waals surface area contributed by atoms with E-state index >= 15 is 0 Å². The second-order valence-electron chi connectivity index (χ2n) is 6.86. The fraction of sp³-hybridized carbons (Fsp3) is 0.273. The van der Waals surface area contributed by atoms with Crippen LogP contribution in [0.3, 0.4) is 0 Å². The molecular formula is C22H23N3O3. The lowest BCUT2D eigenvalue weighted by Gasteiger charge is -2.10. The lowest BCUT2D eigenvalue weighted by Crippen LogP contribution is -2.17. The van der Waals surface area contributed by atoms with E-state index in [0.717, 1.165) is 29.3 Å². The molecule has 28 heavy (non-hydrogen) atoms. The molecule has 1 heterocycles. The Bertz CT molecular complexity index is 1050. The van der Waals surface area contributed by atoms with Gasteiger partial charge in [0.05, 0.1) is 20.4 Å². The Balaban J connectivity index is 1.53. The molecule has 1 aromatic heterocycles. The maximum atomic E-state index is 12.6. The number of carbonyl (C=O) groups excluding carboxylic acids is 1. The lowest BCUT2D eigenvalue weighted by atomic mass is 9.95. The summed E-state index contributed by atoms with van der Waals surface area (Å²) < 4.78 is 10.5. The minimum atomic E-state index is -0.245. The molecule has 0 spiro atoms. The highest BCUT2D eigenvalue weighted by Gasteiger charge is 2.16. The number of benzene rings is 2. The van der Waals surface area contributed by atoms with Crippen molar-refractivity contribution in [2.45, 2.75) is 25.7 Å². The van der Waals surface area contributed by atoms with E-state index in [1.807, 2.05) is 24.3 Å². The van der Waals surface area contributed by atoms with Crippen LogP contribution in [0, 0.1) is 0 Å². The maximum absolute atomic E-state index is 12.6. The molecule has 4 rings (SSSR count). The van der Waals surface area contributed by atoms with Crippen molar-refractivity contribution in [3.05, 3.63) is 58.8 Å². The molecule has 3 aromatic rings.